The summed E-state index contributed by atoms with van der Waals surface area (Å²) in [5, 5.41) is 5.07. The molecule has 0 aromatic heterocycles. The molecule has 1 atom stereocenters. The molecule has 0 saturated heterocycles. The molecule has 0 saturated carbocycles. The predicted molar refractivity (Wildman–Crippen MR) is 94.1 cm³/mol. The molecule has 24 heavy (non-hydrogen) atoms. The van der Waals surface area contributed by atoms with E-state index in [2.05, 4.69) is 10.6 Å². The van der Waals surface area contributed by atoms with Crippen LogP contribution in [0.1, 0.15) is 31.1 Å². The van der Waals surface area contributed by atoms with Crippen LogP contribution in [0, 0.1) is 5.92 Å². The molecule has 0 aliphatic carbocycles. The lowest BCUT2D eigenvalue weighted by molar-refractivity contribution is -0.125. The van der Waals surface area contributed by atoms with Gasteiger partial charge < -0.3 is 21.1 Å². The summed E-state index contributed by atoms with van der Waals surface area (Å²) in [6.07, 6.45) is 0. The van der Waals surface area contributed by atoms with E-state index in [4.69, 9.17) is 10.5 Å². The summed E-state index contributed by atoms with van der Waals surface area (Å²) in [4.78, 5) is 35.1. The average molecular weight is 358 g/mol. The van der Waals surface area contributed by atoms with Crippen molar-refractivity contribution in [2.24, 2.45) is 11.7 Å². The maximum atomic E-state index is 11.8. The summed E-state index contributed by atoms with van der Waals surface area (Å²) in [5.74, 6) is -1.26. The zero-order chi connectivity index (χ0) is 17.4. The highest BCUT2D eigenvalue weighted by atomic mass is 35.5. The van der Waals surface area contributed by atoms with Crippen molar-refractivity contribution in [2.45, 2.75) is 26.8 Å². The molecule has 0 fully saturated rings. The van der Waals surface area contributed by atoms with Crippen LogP contribution >= 0.6 is 12.4 Å². The topological polar surface area (TPSA) is 111 Å². The van der Waals surface area contributed by atoms with Crippen LogP contribution in [0.3, 0.4) is 0 Å². The van der Waals surface area contributed by atoms with Crippen molar-refractivity contribution < 1.29 is 19.1 Å². The fourth-order valence-electron chi connectivity index (χ4n) is 1.73. The number of anilines is 1. The van der Waals surface area contributed by atoms with Gasteiger partial charge >= 0.3 is 5.97 Å². The number of ether oxygens (including phenoxy) is 1. The minimum atomic E-state index is -0.657. The van der Waals surface area contributed by atoms with E-state index < -0.39 is 17.9 Å². The van der Waals surface area contributed by atoms with E-state index >= 15 is 0 Å². The average Bonchev–Trinajstić information content (AvgIpc) is 2.52. The monoisotopic (exact) mass is 357 g/mol. The Kier molecular flexibility index (Phi) is 9.68. The standard InChI is InChI=1S/C16H23N3O4.ClH/c1-4-23-16(22)11-6-5-7-12(8-11)19-13(20)9-18-15(21)14(17)10(2)3;/h5-8,10,14H,4,9,17H2,1-3H3,(H,18,21)(H,19,20);1H/t14-;/m0./s1. The fraction of sp³-hybridized carbons (Fsp3) is 0.438. The van der Waals surface area contributed by atoms with E-state index in [9.17, 15) is 14.4 Å². The van der Waals surface area contributed by atoms with Crippen LogP contribution in [-0.4, -0.2) is 37.0 Å². The van der Waals surface area contributed by atoms with E-state index in [0.29, 0.717) is 11.3 Å². The van der Waals surface area contributed by atoms with Crippen molar-refractivity contribution in [3.05, 3.63) is 29.8 Å². The lowest BCUT2D eigenvalue weighted by atomic mass is 10.1. The van der Waals surface area contributed by atoms with E-state index in [-0.39, 0.29) is 37.4 Å². The van der Waals surface area contributed by atoms with Crippen molar-refractivity contribution in [3.8, 4) is 0 Å². The van der Waals surface area contributed by atoms with Gasteiger partial charge in [-0.3, -0.25) is 9.59 Å². The molecule has 0 radical (unpaired) electrons. The van der Waals surface area contributed by atoms with Gasteiger partial charge in [-0.05, 0) is 31.0 Å². The number of amides is 2. The first-order valence-electron chi connectivity index (χ1n) is 7.45. The first-order valence-corrected chi connectivity index (χ1v) is 7.45. The molecule has 0 spiro atoms. The van der Waals surface area contributed by atoms with Crippen molar-refractivity contribution >= 4 is 35.9 Å². The highest BCUT2D eigenvalue weighted by Gasteiger charge is 2.17. The van der Waals surface area contributed by atoms with Gasteiger partial charge in [-0.15, -0.1) is 12.4 Å². The third-order valence-corrected chi connectivity index (χ3v) is 3.10. The highest BCUT2D eigenvalue weighted by molar-refractivity contribution is 5.97. The van der Waals surface area contributed by atoms with Gasteiger partial charge in [0.2, 0.25) is 11.8 Å². The highest BCUT2D eigenvalue weighted by Crippen LogP contribution is 2.11. The van der Waals surface area contributed by atoms with Gasteiger partial charge in [0.25, 0.3) is 0 Å². The lowest BCUT2D eigenvalue weighted by Crippen LogP contribution is -2.46. The van der Waals surface area contributed by atoms with Crippen molar-refractivity contribution in [1.29, 1.82) is 0 Å². The van der Waals surface area contributed by atoms with E-state index in [1.54, 1.807) is 25.1 Å². The van der Waals surface area contributed by atoms with Crippen LogP contribution in [0.4, 0.5) is 5.69 Å². The Hall–Kier alpha value is -2.12. The normalized spacial score (nSPS) is 11.2. The van der Waals surface area contributed by atoms with Crippen LogP contribution in [-0.2, 0) is 14.3 Å². The number of nitrogens with two attached hydrogens (primary N) is 1. The summed E-state index contributed by atoms with van der Waals surface area (Å²) in [6.45, 7) is 5.45. The van der Waals surface area contributed by atoms with E-state index in [1.807, 2.05) is 13.8 Å². The van der Waals surface area contributed by atoms with Gasteiger partial charge in [-0.2, -0.15) is 0 Å². The maximum absolute atomic E-state index is 11.8. The number of carbonyl (C=O) groups excluding carboxylic acids is 3. The molecule has 0 aliphatic heterocycles. The van der Waals surface area contributed by atoms with Crippen molar-refractivity contribution in [2.75, 3.05) is 18.5 Å². The Morgan fingerprint density at radius 3 is 2.50 bits per heavy atom. The fourth-order valence-corrected chi connectivity index (χ4v) is 1.73. The van der Waals surface area contributed by atoms with Crippen LogP contribution in [0.2, 0.25) is 0 Å². The molecule has 1 rings (SSSR count). The summed E-state index contributed by atoms with van der Waals surface area (Å²) >= 11 is 0. The van der Waals surface area contributed by atoms with Gasteiger partial charge in [0.1, 0.15) is 0 Å². The largest absolute Gasteiger partial charge is 0.462 e. The Morgan fingerprint density at radius 2 is 1.92 bits per heavy atom. The van der Waals surface area contributed by atoms with E-state index in [0.717, 1.165) is 0 Å². The molecule has 0 heterocycles. The second-order valence-corrected chi connectivity index (χ2v) is 5.34. The van der Waals surface area contributed by atoms with Crippen LogP contribution < -0.4 is 16.4 Å². The Bertz CT molecular complexity index is 578. The number of esters is 1. The second-order valence-electron chi connectivity index (χ2n) is 5.34. The summed E-state index contributed by atoms with van der Waals surface area (Å²) in [6, 6.07) is 5.72. The number of benzene rings is 1. The van der Waals surface area contributed by atoms with Crippen LogP contribution in [0.25, 0.3) is 0 Å². The van der Waals surface area contributed by atoms with Gasteiger partial charge in [0, 0.05) is 5.69 Å². The number of rotatable bonds is 7. The number of hydrogen-bond acceptors (Lipinski definition) is 5. The van der Waals surface area contributed by atoms with Crippen molar-refractivity contribution in [3.63, 3.8) is 0 Å². The number of hydrogen-bond donors (Lipinski definition) is 3. The molecule has 134 valence electrons. The smallest absolute Gasteiger partial charge is 0.338 e. The number of nitrogens with one attached hydrogen (secondary N) is 2. The number of halogens is 1. The molecule has 0 bridgehead atoms. The lowest BCUT2D eigenvalue weighted by Gasteiger charge is -2.15. The van der Waals surface area contributed by atoms with E-state index in [1.165, 1.54) is 6.07 Å². The molecule has 2 amide bonds. The Balaban J connectivity index is 0.00000529. The van der Waals surface area contributed by atoms with Gasteiger partial charge in [0.05, 0.1) is 24.8 Å². The minimum Gasteiger partial charge on any atom is -0.462 e. The summed E-state index contributed by atoms with van der Waals surface area (Å²) < 4.78 is 4.89. The van der Waals surface area contributed by atoms with Crippen LogP contribution in [0.15, 0.2) is 24.3 Å². The van der Waals surface area contributed by atoms with Gasteiger partial charge in [0.15, 0.2) is 0 Å². The SMILES string of the molecule is CCOC(=O)c1cccc(NC(=O)CNC(=O)[C@@H](N)C(C)C)c1.Cl. The maximum Gasteiger partial charge on any atom is 0.338 e. The zero-order valence-electron chi connectivity index (χ0n) is 14.0. The third kappa shape index (κ3) is 6.97. The summed E-state index contributed by atoms with van der Waals surface area (Å²) in [7, 11) is 0. The zero-order valence-corrected chi connectivity index (χ0v) is 14.8. The minimum absolute atomic E-state index is 0. The number of carbonyl (C=O) groups is 3. The molecular formula is C16H24ClN3O4. The molecule has 1 aromatic carbocycles. The first-order chi connectivity index (χ1) is 10.8. The predicted octanol–water partition coefficient (Wildman–Crippen LogP) is 1.32. The molecular weight excluding hydrogens is 334 g/mol. The molecule has 8 heteroatoms. The third-order valence-electron chi connectivity index (χ3n) is 3.10. The Morgan fingerprint density at radius 1 is 1.25 bits per heavy atom. The van der Waals surface area contributed by atoms with Crippen LogP contribution in [0.5, 0.6) is 0 Å². The Labute approximate surface area is 147 Å². The molecule has 4 N–H and O–H groups in total. The summed E-state index contributed by atoms with van der Waals surface area (Å²) in [5.41, 5.74) is 6.48. The molecule has 0 aliphatic rings. The first kappa shape index (κ1) is 21.9. The van der Waals surface area contributed by atoms with Crippen molar-refractivity contribution in [1.82, 2.24) is 5.32 Å². The molecule has 1 aromatic rings. The second kappa shape index (κ2) is 10.6. The quantitative estimate of drug-likeness (QED) is 0.637. The molecule has 7 nitrogen and oxygen atoms in total. The molecule has 0 unspecified atom stereocenters. The van der Waals surface area contributed by atoms with Gasteiger partial charge in [-0.1, -0.05) is 19.9 Å². The van der Waals surface area contributed by atoms with Gasteiger partial charge in [-0.25, -0.2) is 4.79 Å².